The highest BCUT2D eigenvalue weighted by Crippen LogP contribution is 2.19. The highest BCUT2D eigenvalue weighted by atomic mass is 16.3. The van der Waals surface area contributed by atoms with Gasteiger partial charge in [0.05, 0.1) is 6.26 Å². The molecular weight excluding hydrogens is 294 g/mol. The first-order valence-electron chi connectivity index (χ1n) is 7.47. The van der Waals surface area contributed by atoms with Crippen LogP contribution in [0.4, 0.5) is 5.82 Å². The Balaban J connectivity index is 1.58. The summed E-state index contributed by atoms with van der Waals surface area (Å²) in [6.45, 7) is 1.08. The summed E-state index contributed by atoms with van der Waals surface area (Å²) in [5.41, 5.74) is 0.898. The van der Waals surface area contributed by atoms with Crippen molar-refractivity contribution in [1.82, 2.24) is 10.3 Å². The molecule has 0 bridgehead atoms. The number of nitrogens with one attached hydrogen (secondary N) is 1. The van der Waals surface area contributed by atoms with Crippen LogP contribution in [0, 0.1) is 0 Å². The normalized spacial score (nSPS) is 14.6. The van der Waals surface area contributed by atoms with Gasteiger partial charge in [-0.3, -0.25) is 14.5 Å². The lowest BCUT2D eigenvalue weighted by atomic mass is 10.2. The van der Waals surface area contributed by atoms with Crippen LogP contribution in [0.1, 0.15) is 24.2 Å². The lowest BCUT2D eigenvalue weighted by Gasteiger charge is -2.15. The van der Waals surface area contributed by atoms with Crippen molar-refractivity contribution in [3.63, 3.8) is 0 Å². The second-order valence-electron chi connectivity index (χ2n) is 5.24. The molecule has 1 saturated heterocycles. The predicted octanol–water partition coefficient (Wildman–Crippen LogP) is 2.13. The zero-order valence-corrected chi connectivity index (χ0v) is 12.6. The van der Waals surface area contributed by atoms with Gasteiger partial charge in [0, 0.05) is 31.8 Å². The first kappa shape index (κ1) is 15.0. The van der Waals surface area contributed by atoms with Crippen LogP contribution in [-0.2, 0) is 16.1 Å². The Labute approximate surface area is 133 Å². The number of amides is 2. The van der Waals surface area contributed by atoms with Crippen LogP contribution in [0.15, 0.2) is 47.2 Å². The van der Waals surface area contributed by atoms with Crippen LogP contribution in [-0.4, -0.2) is 23.3 Å². The number of hydrogen-bond acceptors (Lipinski definition) is 4. The van der Waals surface area contributed by atoms with Gasteiger partial charge >= 0.3 is 0 Å². The van der Waals surface area contributed by atoms with Crippen LogP contribution in [0.3, 0.4) is 0 Å². The molecule has 118 valence electrons. The summed E-state index contributed by atoms with van der Waals surface area (Å²) >= 11 is 0. The van der Waals surface area contributed by atoms with Crippen LogP contribution in [0.5, 0.6) is 0 Å². The summed E-state index contributed by atoms with van der Waals surface area (Å²) in [7, 11) is 0. The third kappa shape index (κ3) is 3.85. The zero-order chi connectivity index (χ0) is 16.1. The van der Waals surface area contributed by atoms with E-state index < -0.39 is 0 Å². The number of carbonyl (C=O) groups is 2. The first-order valence-corrected chi connectivity index (χ1v) is 7.47. The molecule has 0 aromatic carbocycles. The largest absolute Gasteiger partial charge is 0.465 e. The molecule has 1 aliphatic rings. The van der Waals surface area contributed by atoms with Gasteiger partial charge in [0.2, 0.25) is 11.8 Å². The van der Waals surface area contributed by atoms with Gasteiger partial charge in [-0.15, -0.1) is 0 Å². The Kier molecular flexibility index (Phi) is 4.52. The first-order chi connectivity index (χ1) is 11.2. The van der Waals surface area contributed by atoms with Crippen molar-refractivity contribution in [3.05, 3.63) is 54.1 Å². The molecule has 0 saturated carbocycles. The monoisotopic (exact) mass is 311 g/mol. The Hall–Kier alpha value is -2.89. The third-order valence-corrected chi connectivity index (χ3v) is 3.57. The van der Waals surface area contributed by atoms with Crippen molar-refractivity contribution in [1.29, 1.82) is 0 Å². The van der Waals surface area contributed by atoms with E-state index in [2.05, 4.69) is 10.3 Å². The van der Waals surface area contributed by atoms with E-state index in [0.717, 1.165) is 12.0 Å². The van der Waals surface area contributed by atoms with E-state index in [4.69, 9.17) is 4.42 Å². The van der Waals surface area contributed by atoms with Gasteiger partial charge < -0.3 is 9.73 Å². The van der Waals surface area contributed by atoms with Crippen LogP contribution in [0.25, 0.3) is 6.08 Å². The lowest BCUT2D eigenvalue weighted by Crippen LogP contribution is -2.25. The van der Waals surface area contributed by atoms with Gasteiger partial charge in [-0.2, -0.15) is 0 Å². The van der Waals surface area contributed by atoms with Crippen molar-refractivity contribution >= 4 is 23.7 Å². The van der Waals surface area contributed by atoms with Crippen molar-refractivity contribution in [3.8, 4) is 0 Å². The maximum atomic E-state index is 11.8. The average Bonchev–Trinajstić information content (AvgIpc) is 3.22. The van der Waals surface area contributed by atoms with Crippen molar-refractivity contribution in [2.75, 3.05) is 11.4 Å². The Morgan fingerprint density at radius 2 is 2.35 bits per heavy atom. The fourth-order valence-corrected chi connectivity index (χ4v) is 2.40. The summed E-state index contributed by atoms with van der Waals surface area (Å²) in [5.74, 6) is 1.15. The molecule has 6 heteroatoms. The number of anilines is 1. The highest BCUT2D eigenvalue weighted by molar-refractivity contribution is 5.94. The zero-order valence-electron chi connectivity index (χ0n) is 12.6. The Bertz CT molecular complexity index is 722. The molecule has 2 aromatic rings. The van der Waals surface area contributed by atoms with Crippen molar-refractivity contribution in [2.45, 2.75) is 19.4 Å². The molecule has 3 rings (SSSR count). The van der Waals surface area contributed by atoms with Crippen LogP contribution >= 0.6 is 0 Å². The highest BCUT2D eigenvalue weighted by Gasteiger charge is 2.22. The molecule has 0 atom stereocenters. The van der Waals surface area contributed by atoms with E-state index in [-0.39, 0.29) is 11.8 Å². The second kappa shape index (κ2) is 6.91. The van der Waals surface area contributed by atoms with Crippen molar-refractivity contribution in [2.24, 2.45) is 0 Å². The molecule has 0 spiro atoms. The molecule has 23 heavy (non-hydrogen) atoms. The second-order valence-corrected chi connectivity index (χ2v) is 5.24. The van der Waals surface area contributed by atoms with E-state index in [9.17, 15) is 9.59 Å². The minimum absolute atomic E-state index is 0.0973. The van der Waals surface area contributed by atoms with E-state index in [1.54, 1.807) is 35.6 Å². The SMILES string of the molecule is O=C(/C=C/c1ccco1)NCc1ccnc(N2CCCC2=O)c1. The number of carbonyl (C=O) groups excluding carboxylic acids is 2. The third-order valence-electron chi connectivity index (χ3n) is 3.57. The number of rotatable bonds is 5. The molecule has 1 N–H and O–H groups in total. The van der Waals surface area contributed by atoms with Gasteiger partial charge in [0.1, 0.15) is 11.6 Å². The summed E-state index contributed by atoms with van der Waals surface area (Å²) in [6.07, 6.45) is 7.66. The smallest absolute Gasteiger partial charge is 0.244 e. The number of aromatic nitrogens is 1. The number of pyridine rings is 1. The number of hydrogen-bond donors (Lipinski definition) is 1. The molecule has 0 aliphatic carbocycles. The van der Waals surface area contributed by atoms with Gasteiger partial charge in [-0.1, -0.05) is 0 Å². The predicted molar refractivity (Wildman–Crippen MR) is 85.4 cm³/mol. The molecule has 2 amide bonds. The minimum atomic E-state index is -0.211. The standard InChI is InChI=1S/C17H17N3O3/c21-16(6-5-14-3-2-10-23-14)19-12-13-7-8-18-15(11-13)20-9-1-4-17(20)22/h2-3,5-8,10-11H,1,4,9,12H2,(H,19,21)/b6-5+. The molecule has 1 fully saturated rings. The topological polar surface area (TPSA) is 75.4 Å². The van der Waals surface area contributed by atoms with Crippen LogP contribution in [0.2, 0.25) is 0 Å². The number of nitrogens with zero attached hydrogens (tertiary/aromatic N) is 2. The van der Waals surface area contributed by atoms with Gasteiger partial charge in [0.25, 0.3) is 0 Å². The summed E-state index contributed by atoms with van der Waals surface area (Å²) < 4.78 is 5.12. The van der Waals surface area contributed by atoms with E-state index in [0.29, 0.717) is 31.1 Å². The average molecular weight is 311 g/mol. The molecule has 1 aliphatic heterocycles. The molecular formula is C17H17N3O3. The number of furan rings is 1. The van der Waals surface area contributed by atoms with E-state index in [1.165, 1.54) is 6.08 Å². The molecule has 3 heterocycles. The Morgan fingerprint density at radius 3 is 3.09 bits per heavy atom. The van der Waals surface area contributed by atoms with E-state index >= 15 is 0 Å². The minimum Gasteiger partial charge on any atom is -0.465 e. The maximum absolute atomic E-state index is 11.8. The fourth-order valence-electron chi connectivity index (χ4n) is 2.40. The van der Waals surface area contributed by atoms with Gasteiger partial charge in [0.15, 0.2) is 0 Å². The Morgan fingerprint density at radius 1 is 1.43 bits per heavy atom. The molecule has 0 radical (unpaired) electrons. The summed E-state index contributed by atoms with van der Waals surface area (Å²) in [5, 5.41) is 2.79. The summed E-state index contributed by atoms with van der Waals surface area (Å²) in [6, 6.07) is 7.18. The van der Waals surface area contributed by atoms with Crippen LogP contribution < -0.4 is 10.2 Å². The quantitative estimate of drug-likeness (QED) is 0.858. The molecule has 0 unspecified atom stereocenters. The molecule has 6 nitrogen and oxygen atoms in total. The molecule has 2 aromatic heterocycles. The van der Waals surface area contributed by atoms with Gasteiger partial charge in [-0.05, 0) is 42.3 Å². The van der Waals surface area contributed by atoms with E-state index in [1.807, 2.05) is 12.1 Å². The van der Waals surface area contributed by atoms with Gasteiger partial charge in [-0.25, -0.2) is 4.98 Å². The lowest BCUT2D eigenvalue weighted by molar-refractivity contribution is -0.117. The van der Waals surface area contributed by atoms with Crippen molar-refractivity contribution < 1.29 is 14.0 Å². The fraction of sp³-hybridized carbons (Fsp3) is 0.235. The summed E-state index contributed by atoms with van der Waals surface area (Å²) in [4.78, 5) is 29.5. The maximum Gasteiger partial charge on any atom is 0.244 e.